The molecule has 1 aliphatic carbocycles. The highest BCUT2D eigenvalue weighted by Crippen LogP contribution is 2.32. The average molecular weight is 436 g/mol. The molecule has 2 amide bonds. The third-order valence-electron chi connectivity index (χ3n) is 5.63. The minimum atomic E-state index is -0.775. The Bertz CT molecular complexity index is 972. The van der Waals surface area contributed by atoms with E-state index in [0.717, 1.165) is 0 Å². The number of hydrogen-bond acceptors (Lipinski definition) is 7. The van der Waals surface area contributed by atoms with Crippen LogP contribution in [0.3, 0.4) is 0 Å². The van der Waals surface area contributed by atoms with Gasteiger partial charge in [-0.3, -0.25) is 14.6 Å². The molecule has 0 saturated heterocycles. The molecule has 0 unspecified atom stereocenters. The lowest BCUT2D eigenvalue weighted by Crippen LogP contribution is -2.66. The van der Waals surface area contributed by atoms with Crippen LogP contribution in [0.25, 0.3) is 0 Å². The second kappa shape index (κ2) is 10.2. The monoisotopic (exact) mass is 435 g/mol. The van der Waals surface area contributed by atoms with Crippen LogP contribution in [-0.2, 0) is 4.79 Å². The predicted molar refractivity (Wildman–Crippen MR) is 121 cm³/mol. The number of pyridine rings is 2. The first-order valence-corrected chi connectivity index (χ1v) is 10.7. The Morgan fingerprint density at radius 2 is 2.03 bits per heavy atom. The van der Waals surface area contributed by atoms with Crippen LogP contribution in [0.15, 0.2) is 42.9 Å². The number of nitrogens with one attached hydrogen (secondary N) is 4. The summed E-state index contributed by atoms with van der Waals surface area (Å²) in [6.07, 6.45) is 6.25. The van der Waals surface area contributed by atoms with Crippen molar-refractivity contribution in [3.8, 4) is 6.07 Å². The number of hydrogen-bond donors (Lipinski definition) is 4. The third-order valence-corrected chi connectivity index (χ3v) is 5.63. The summed E-state index contributed by atoms with van der Waals surface area (Å²) in [5.41, 5.74) is 0.163. The van der Waals surface area contributed by atoms with E-state index in [-0.39, 0.29) is 29.9 Å². The van der Waals surface area contributed by atoms with Gasteiger partial charge in [0.05, 0.1) is 17.2 Å². The molecule has 0 spiro atoms. The van der Waals surface area contributed by atoms with Crippen LogP contribution in [0, 0.1) is 11.3 Å². The van der Waals surface area contributed by atoms with Crippen molar-refractivity contribution in [1.82, 2.24) is 25.9 Å². The van der Waals surface area contributed by atoms with E-state index in [2.05, 4.69) is 37.3 Å². The largest absolute Gasteiger partial charge is 0.365 e. The molecule has 4 N–H and O–H groups in total. The van der Waals surface area contributed by atoms with E-state index in [0.29, 0.717) is 36.2 Å². The van der Waals surface area contributed by atoms with Gasteiger partial charge in [-0.15, -0.1) is 0 Å². The molecule has 2 heterocycles. The average Bonchev–Trinajstić information content (AvgIpc) is 2.80. The Kier molecular flexibility index (Phi) is 7.38. The van der Waals surface area contributed by atoms with Gasteiger partial charge in [-0.25, -0.2) is 4.98 Å². The molecular weight excluding hydrogens is 406 g/mol. The quantitative estimate of drug-likeness (QED) is 0.519. The van der Waals surface area contributed by atoms with E-state index < -0.39 is 5.54 Å². The van der Waals surface area contributed by atoms with E-state index in [9.17, 15) is 9.59 Å². The maximum Gasteiger partial charge on any atom is 0.253 e. The summed E-state index contributed by atoms with van der Waals surface area (Å²) in [4.78, 5) is 34.0. The van der Waals surface area contributed by atoms with E-state index in [4.69, 9.17) is 5.26 Å². The number of rotatable bonds is 7. The van der Waals surface area contributed by atoms with Gasteiger partial charge >= 0.3 is 0 Å². The Morgan fingerprint density at radius 1 is 1.22 bits per heavy atom. The van der Waals surface area contributed by atoms with Crippen molar-refractivity contribution in [2.24, 2.45) is 0 Å². The molecule has 3 rings (SSSR count). The number of nitrogens with zero attached hydrogens (tertiary/aromatic N) is 3. The third kappa shape index (κ3) is 5.39. The van der Waals surface area contributed by atoms with Gasteiger partial charge in [-0.05, 0) is 57.4 Å². The molecule has 9 nitrogen and oxygen atoms in total. The van der Waals surface area contributed by atoms with Crippen molar-refractivity contribution in [3.05, 3.63) is 54.0 Å². The van der Waals surface area contributed by atoms with Crippen LogP contribution in [-0.4, -0.2) is 52.5 Å². The second-order valence-electron chi connectivity index (χ2n) is 8.32. The molecule has 32 heavy (non-hydrogen) atoms. The van der Waals surface area contributed by atoms with Crippen LogP contribution in [0.5, 0.6) is 0 Å². The first kappa shape index (κ1) is 23.2. The fourth-order valence-corrected chi connectivity index (χ4v) is 4.23. The zero-order chi connectivity index (χ0) is 23.1. The summed E-state index contributed by atoms with van der Waals surface area (Å²) in [6.45, 7) is 4.01. The normalized spacial score (nSPS) is 22.6. The van der Waals surface area contributed by atoms with Crippen LogP contribution in [0.1, 0.15) is 49.0 Å². The van der Waals surface area contributed by atoms with Gasteiger partial charge in [0.25, 0.3) is 5.91 Å². The molecular formula is C23H29N7O2. The van der Waals surface area contributed by atoms with Gasteiger partial charge in [0, 0.05) is 37.7 Å². The summed E-state index contributed by atoms with van der Waals surface area (Å²) in [7, 11) is 1.63. The zero-order valence-corrected chi connectivity index (χ0v) is 18.6. The molecule has 0 radical (unpaired) electrons. The lowest BCUT2D eigenvalue weighted by atomic mass is 9.75. The van der Waals surface area contributed by atoms with Gasteiger partial charge in [-0.2, -0.15) is 5.26 Å². The summed E-state index contributed by atoms with van der Waals surface area (Å²) in [6, 6.07) is 8.49. The maximum absolute atomic E-state index is 12.9. The number of carbonyl (C=O) groups excluding carboxylic acids is 2. The SMILES string of the molecule is CNC(=O)[C@@]1(NC(C)C)CC[C@@H](NC(=O)c2cccnc2)[C@H](Nc2ccc(C#N)cn2)C1. The maximum atomic E-state index is 12.9. The molecule has 2 aromatic rings. The highest BCUT2D eigenvalue weighted by atomic mass is 16.2. The van der Waals surface area contributed by atoms with Gasteiger partial charge in [0.2, 0.25) is 5.91 Å². The van der Waals surface area contributed by atoms with Gasteiger partial charge in [0.1, 0.15) is 17.4 Å². The van der Waals surface area contributed by atoms with Crippen molar-refractivity contribution in [3.63, 3.8) is 0 Å². The highest BCUT2D eigenvalue weighted by Gasteiger charge is 2.46. The molecule has 9 heteroatoms. The number of nitriles is 1. The lowest BCUT2D eigenvalue weighted by molar-refractivity contribution is -0.129. The van der Waals surface area contributed by atoms with Gasteiger partial charge in [0.15, 0.2) is 0 Å². The van der Waals surface area contributed by atoms with Crippen molar-refractivity contribution in [1.29, 1.82) is 5.26 Å². The van der Waals surface area contributed by atoms with E-state index in [1.54, 1.807) is 37.5 Å². The van der Waals surface area contributed by atoms with Crippen LogP contribution in [0.4, 0.5) is 5.82 Å². The Hall–Kier alpha value is -3.51. The molecule has 3 atom stereocenters. The summed E-state index contributed by atoms with van der Waals surface area (Å²) >= 11 is 0. The molecule has 0 bridgehead atoms. The van der Waals surface area contributed by atoms with E-state index >= 15 is 0 Å². The summed E-state index contributed by atoms with van der Waals surface area (Å²) < 4.78 is 0. The van der Waals surface area contributed by atoms with Crippen molar-refractivity contribution in [2.75, 3.05) is 12.4 Å². The second-order valence-corrected chi connectivity index (χ2v) is 8.32. The molecule has 0 aliphatic heterocycles. The highest BCUT2D eigenvalue weighted by molar-refractivity contribution is 5.94. The first-order chi connectivity index (χ1) is 15.4. The minimum absolute atomic E-state index is 0.0807. The first-order valence-electron chi connectivity index (χ1n) is 10.7. The molecule has 0 aromatic carbocycles. The van der Waals surface area contributed by atoms with Crippen molar-refractivity contribution in [2.45, 2.75) is 56.8 Å². The molecule has 1 fully saturated rings. The topological polar surface area (TPSA) is 132 Å². The number of amides is 2. The van der Waals surface area contributed by atoms with Crippen molar-refractivity contribution < 1.29 is 9.59 Å². The van der Waals surface area contributed by atoms with Gasteiger partial charge in [-0.1, -0.05) is 0 Å². The van der Waals surface area contributed by atoms with Crippen LogP contribution >= 0.6 is 0 Å². The Morgan fingerprint density at radius 3 is 2.62 bits per heavy atom. The number of carbonyl (C=O) groups is 2. The summed E-state index contributed by atoms with van der Waals surface area (Å²) in [5.74, 6) is 0.279. The lowest BCUT2D eigenvalue weighted by Gasteiger charge is -2.45. The smallest absolute Gasteiger partial charge is 0.253 e. The van der Waals surface area contributed by atoms with Crippen LogP contribution < -0.4 is 21.3 Å². The number of anilines is 1. The molecule has 2 aromatic heterocycles. The molecule has 1 aliphatic rings. The molecule has 1 saturated carbocycles. The molecule has 168 valence electrons. The van der Waals surface area contributed by atoms with E-state index in [1.165, 1.54) is 12.4 Å². The summed E-state index contributed by atoms with van der Waals surface area (Å²) in [5, 5.41) is 21.7. The zero-order valence-electron chi connectivity index (χ0n) is 18.6. The van der Waals surface area contributed by atoms with Crippen LogP contribution in [0.2, 0.25) is 0 Å². The Balaban J connectivity index is 1.87. The predicted octanol–water partition coefficient (Wildman–Crippen LogP) is 1.59. The fraction of sp³-hybridized carbons (Fsp3) is 0.435. The standard InChI is InChI=1S/C23H29N7O2/c1-15(2)30-23(22(32)25-3)9-8-18(29-21(31)17-5-4-10-26-14-17)19(11-23)28-20-7-6-16(12-24)13-27-20/h4-7,10,13-15,18-19,30H,8-9,11H2,1-3H3,(H,25,32)(H,27,28)(H,29,31)/t18-,19-,23-/m1/s1. The van der Waals surface area contributed by atoms with Gasteiger partial charge < -0.3 is 21.3 Å². The number of aromatic nitrogens is 2. The minimum Gasteiger partial charge on any atom is -0.365 e. The Labute approximate surface area is 188 Å². The van der Waals surface area contributed by atoms with Crippen molar-refractivity contribution >= 4 is 17.6 Å². The number of likely N-dealkylation sites (N-methyl/N-ethyl adjacent to an activating group) is 1. The van der Waals surface area contributed by atoms with E-state index in [1.807, 2.05) is 13.8 Å². The fourth-order valence-electron chi connectivity index (χ4n) is 4.23.